The maximum Gasteiger partial charge on any atom is 0.221 e. The Morgan fingerprint density at radius 2 is 1.50 bits per heavy atom. The van der Waals surface area contributed by atoms with Crippen LogP contribution in [0.1, 0.15) is 48.4 Å². The second-order valence-electron chi connectivity index (χ2n) is 10.0. The Hall–Kier alpha value is -4.31. The number of ether oxygens (including phenoxy) is 1. The standard InChI is InChI=1S/C34H34N2O2/c1-25(2)35-34(37)21-31(28-16-11-17-29(20-28)38-24-27-14-7-4-8-15-27)32-23-36(22-26-12-5-3-6-13-26)33-19-10-9-18-30(32)33/h3-20,23,25,31H,21-22,24H2,1-2H3,(H,35,37). The zero-order valence-electron chi connectivity index (χ0n) is 22.0. The third-order valence-corrected chi connectivity index (χ3v) is 6.74. The Balaban J connectivity index is 1.52. The highest BCUT2D eigenvalue weighted by molar-refractivity contribution is 5.87. The predicted molar refractivity (Wildman–Crippen MR) is 154 cm³/mol. The highest BCUT2D eigenvalue weighted by Gasteiger charge is 2.23. The van der Waals surface area contributed by atoms with Gasteiger partial charge in [-0.25, -0.2) is 0 Å². The Bertz CT molecular complexity index is 1490. The van der Waals surface area contributed by atoms with Gasteiger partial charge in [-0.05, 0) is 54.3 Å². The molecule has 4 nitrogen and oxygen atoms in total. The molecule has 1 unspecified atom stereocenters. The molecule has 1 aromatic heterocycles. The van der Waals surface area contributed by atoms with Crippen molar-refractivity contribution in [2.45, 2.75) is 45.4 Å². The Kier molecular flexibility index (Phi) is 7.89. The number of carbonyl (C=O) groups excluding carboxylic acids is 1. The molecule has 0 aliphatic carbocycles. The van der Waals surface area contributed by atoms with Crippen LogP contribution in [0.2, 0.25) is 0 Å². The van der Waals surface area contributed by atoms with Crippen molar-refractivity contribution in [2.24, 2.45) is 0 Å². The number of hydrogen-bond acceptors (Lipinski definition) is 2. The quantitative estimate of drug-likeness (QED) is 0.217. The number of carbonyl (C=O) groups is 1. The van der Waals surface area contributed by atoms with Gasteiger partial charge in [-0.3, -0.25) is 4.79 Å². The van der Waals surface area contributed by atoms with Gasteiger partial charge in [0.15, 0.2) is 0 Å². The van der Waals surface area contributed by atoms with E-state index in [0.29, 0.717) is 13.0 Å². The van der Waals surface area contributed by atoms with Gasteiger partial charge < -0.3 is 14.6 Å². The first kappa shape index (κ1) is 25.3. The van der Waals surface area contributed by atoms with E-state index < -0.39 is 0 Å². The van der Waals surface area contributed by atoms with Crippen LogP contribution in [0.3, 0.4) is 0 Å². The highest BCUT2D eigenvalue weighted by Crippen LogP contribution is 2.36. The number of nitrogens with zero attached hydrogens (tertiary/aromatic N) is 1. The van der Waals surface area contributed by atoms with Gasteiger partial charge in [0.2, 0.25) is 5.91 Å². The summed E-state index contributed by atoms with van der Waals surface area (Å²) in [4.78, 5) is 13.1. The lowest BCUT2D eigenvalue weighted by Gasteiger charge is -2.19. The summed E-state index contributed by atoms with van der Waals surface area (Å²) in [6.45, 7) is 5.26. The lowest BCUT2D eigenvalue weighted by molar-refractivity contribution is -0.121. The molecule has 0 spiro atoms. The van der Waals surface area contributed by atoms with E-state index in [2.05, 4.69) is 88.9 Å². The lowest BCUT2D eigenvalue weighted by atomic mass is 9.87. The van der Waals surface area contributed by atoms with Crippen LogP contribution in [0.15, 0.2) is 115 Å². The topological polar surface area (TPSA) is 43.3 Å². The van der Waals surface area contributed by atoms with Crippen LogP contribution < -0.4 is 10.1 Å². The second kappa shape index (κ2) is 11.8. The molecule has 1 amide bonds. The maximum atomic E-state index is 13.1. The zero-order valence-corrected chi connectivity index (χ0v) is 22.0. The Morgan fingerprint density at radius 1 is 0.816 bits per heavy atom. The fourth-order valence-corrected chi connectivity index (χ4v) is 5.00. The number of aromatic nitrogens is 1. The normalized spacial score (nSPS) is 12.0. The molecule has 1 heterocycles. The van der Waals surface area contributed by atoms with Crippen LogP contribution in [0.5, 0.6) is 5.75 Å². The largest absolute Gasteiger partial charge is 0.489 e. The number of benzene rings is 4. The van der Waals surface area contributed by atoms with Gasteiger partial charge in [-0.2, -0.15) is 0 Å². The predicted octanol–water partition coefficient (Wildman–Crippen LogP) is 7.32. The molecule has 5 aromatic rings. The molecule has 1 N–H and O–H groups in total. The summed E-state index contributed by atoms with van der Waals surface area (Å²) >= 11 is 0. The number of amides is 1. The molecular formula is C34H34N2O2. The molecule has 1 atom stereocenters. The van der Waals surface area contributed by atoms with Gasteiger partial charge in [0.1, 0.15) is 12.4 Å². The number of fused-ring (bicyclic) bond motifs is 1. The summed E-state index contributed by atoms with van der Waals surface area (Å²) in [7, 11) is 0. The minimum atomic E-state index is -0.115. The van der Waals surface area contributed by atoms with E-state index in [1.54, 1.807) is 0 Å². The van der Waals surface area contributed by atoms with Crippen molar-refractivity contribution in [3.05, 3.63) is 138 Å². The maximum absolute atomic E-state index is 13.1. The molecule has 38 heavy (non-hydrogen) atoms. The van der Waals surface area contributed by atoms with E-state index in [9.17, 15) is 4.79 Å². The van der Waals surface area contributed by atoms with Gasteiger partial charge in [-0.15, -0.1) is 0 Å². The van der Waals surface area contributed by atoms with Gasteiger partial charge in [0, 0.05) is 42.0 Å². The molecule has 5 rings (SSSR count). The third-order valence-electron chi connectivity index (χ3n) is 6.74. The van der Waals surface area contributed by atoms with Crippen LogP contribution in [0.4, 0.5) is 0 Å². The molecule has 0 bridgehead atoms. The fraction of sp³-hybridized carbons (Fsp3) is 0.206. The second-order valence-corrected chi connectivity index (χ2v) is 10.0. The summed E-state index contributed by atoms with van der Waals surface area (Å²) < 4.78 is 8.45. The summed E-state index contributed by atoms with van der Waals surface area (Å²) in [5.41, 5.74) is 5.74. The number of rotatable bonds is 10. The van der Waals surface area contributed by atoms with Crippen molar-refractivity contribution >= 4 is 16.8 Å². The van der Waals surface area contributed by atoms with E-state index in [1.807, 2.05) is 50.2 Å². The molecule has 4 heteroatoms. The van der Waals surface area contributed by atoms with Crippen LogP contribution in [-0.2, 0) is 17.9 Å². The molecule has 0 saturated heterocycles. The van der Waals surface area contributed by atoms with Crippen molar-refractivity contribution in [3.63, 3.8) is 0 Å². The monoisotopic (exact) mass is 502 g/mol. The summed E-state index contributed by atoms with van der Waals surface area (Å²) in [6, 6.07) is 37.4. The van der Waals surface area contributed by atoms with Gasteiger partial charge in [0.05, 0.1) is 0 Å². The van der Waals surface area contributed by atoms with Crippen LogP contribution in [0, 0.1) is 0 Å². The van der Waals surface area contributed by atoms with Gasteiger partial charge >= 0.3 is 0 Å². The van der Waals surface area contributed by atoms with Crippen molar-refractivity contribution in [2.75, 3.05) is 0 Å². The van der Waals surface area contributed by atoms with E-state index in [1.165, 1.54) is 10.9 Å². The van der Waals surface area contributed by atoms with E-state index in [-0.39, 0.29) is 17.9 Å². The lowest BCUT2D eigenvalue weighted by Crippen LogP contribution is -2.31. The smallest absolute Gasteiger partial charge is 0.221 e. The van der Waals surface area contributed by atoms with Gasteiger partial charge in [0.25, 0.3) is 0 Å². The SMILES string of the molecule is CC(C)NC(=O)CC(c1cccc(OCc2ccccc2)c1)c1cn(Cc2ccccc2)c2ccccc12. The minimum absolute atomic E-state index is 0.0421. The third kappa shape index (κ3) is 6.15. The Morgan fingerprint density at radius 3 is 2.24 bits per heavy atom. The molecule has 0 saturated carbocycles. The van der Waals surface area contributed by atoms with E-state index in [4.69, 9.17) is 4.74 Å². The van der Waals surface area contributed by atoms with Crippen LogP contribution in [-0.4, -0.2) is 16.5 Å². The molecule has 0 fully saturated rings. The first-order valence-electron chi connectivity index (χ1n) is 13.2. The number of para-hydroxylation sites is 1. The summed E-state index contributed by atoms with van der Waals surface area (Å²) in [6.07, 6.45) is 2.59. The van der Waals surface area contributed by atoms with Crippen molar-refractivity contribution in [1.82, 2.24) is 9.88 Å². The van der Waals surface area contributed by atoms with Gasteiger partial charge in [-0.1, -0.05) is 91.0 Å². The Labute approximate surface area is 224 Å². The van der Waals surface area contributed by atoms with Crippen molar-refractivity contribution in [3.8, 4) is 5.75 Å². The summed E-state index contributed by atoms with van der Waals surface area (Å²) in [5, 5.41) is 4.26. The first-order chi connectivity index (χ1) is 18.6. The van der Waals surface area contributed by atoms with Crippen LogP contribution >= 0.6 is 0 Å². The van der Waals surface area contributed by atoms with E-state index >= 15 is 0 Å². The van der Waals surface area contributed by atoms with Crippen LogP contribution in [0.25, 0.3) is 10.9 Å². The first-order valence-corrected chi connectivity index (χ1v) is 13.2. The zero-order chi connectivity index (χ0) is 26.3. The average Bonchev–Trinajstić information content (AvgIpc) is 3.29. The fourth-order valence-electron chi connectivity index (χ4n) is 5.00. The van der Waals surface area contributed by atoms with Crippen molar-refractivity contribution in [1.29, 1.82) is 0 Å². The van der Waals surface area contributed by atoms with Crippen molar-refractivity contribution < 1.29 is 9.53 Å². The number of hydrogen-bond donors (Lipinski definition) is 1. The molecule has 4 aromatic carbocycles. The summed E-state index contributed by atoms with van der Waals surface area (Å²) in [5.74, 6) is 0.727. The molecule has 0 aliphatic rings. The average molecular weight is 503 g/mol. The molecular weight excluding hydrogens is 468 g/mol. The molecule has 0 radical (unpaired) electrons. The number of nitrogens with one attached hydrogen (secondary N) is 1. The molecule has 192 valence electrons. The van der Waals surface area contributed by atoms with E-state index in [0.717, 1.165) is 34.5 Å². The highest BCUT2D eigenvalue weighted by atomic mass is 16.5. The minimum Gasteiger partial charge on any atom is -0.489 e. The molecule has 0 aliphatic heterocycles.